The first-order valence-corrected chi connectivity index (χ1v) is 8.74. The summed E-state index contributed by atoms with van der Waals surface area (Å²) < 4.78 is 43.4. The van der Waals surface area contributed by atoms with Crippen LogP contribution in [0.3, 0.4) is 0 Å². The molecule has 0 unspecified atom stereocenters. The summed E-state index contributed by atoms with van der Waals surface area (Å²) in [5, 5.41) is 7.40. The van der Waals surface area contributed by atoms with E-state index in [0.717, 1.165) is 12.1 Å². The molecule has 0 aliphatic carbocycles. The highest BCUT2D eigenvalue weighted by molar-refractivity contribution is 6.03. The maximum Gasteiger partial charge on any atom is 0.262 e. The van der Waals surface area contributed by atoms with Crippen molar-refractivity contribution in [2.24, 2.45) is 7.05 Å². The fraction of sp³-hybridized carbons (Fsp3) is 0.150. The number of fused-ring (bicyclic) bond motifs is 3. The molecule has 0 atom stereocenters. The van der Waals surface area contributed by atoms with Gasteiger partial charge in [-0.15, -0.1) is 0 Å². The number of nitrogens with zero attached hydrogens (tertiary/aromatic N) is 3. The standard InChI is InChI=1S/C20H15F3N4O2/c1-26-19-13-4-2-12(22)9-17(13)27(20(29)14(19)10-24-26)7-6-18(28)25-16-5-3-11(21)8-15(16)23/h2-5,8-10H,6-7H2,1H3,(H,25,28). The molecular formula is C20H15F3N4O2. The Morgan fingerprint density at radius 1 is 1.07 bits per heavy atom. The Kier molecular flexibility index (Phi) is 4.57. The Bertz CT molecular complexity index is 1330. The van der Waals surface area contributed by atoms with Crippen LogP contribution in [0.15, 0.2) is 47.4 Å². The largest absolute Gasteiger partial charge is 0.324 e. The van der Waals surface area contributed by atoms with Crippen molar-refractivity contribution in [1.29, 1.82) is 0 Å². The molecule has 0 bridgehead atoms. The second-order valence-corrected chi connectivity index (χ2v) is 6.57. The lowest BCUT2D eigenvalue weighted by molar-refractivity contribution is -0.116. The summed E-state index contributed by atoms with van der Waals surface area (Å²) in [4.78, 5) is 25.1. The normalized spacial score (nSPS) is 11.3. The highest BCUT2D eigenvalue weighted by Gasteiger charge is 2.16. The van der Waals surface area contributed by atoms with Gasteiger partial charge >= 0.3 is 0 Å². The van der Waals surface area contributed by atoms with Gasteiger partial charge in [-0.1, -0.05) is 0 Å². The first kappa shape index (κ1) is 18.7. The van der Waals surface area contributed by atoms with Crippen LogP contribution < -0.4 is 10.9 Å². The van der Waals surface area contributed by atoms with Crippen LogP contribution in [-0.4, -0.2) is 20.3 Å². The zero-order valence-electron chi connectivity index (χ0n) is 15.2. The maximum absolute atomic E-state index is 13.8. The van der Waals surface area contributed by atoms with Crippen molar-refractivity contribution in [2.45, 2.75) is 13.0 Å². The number of nitrogens with one attached hydrogen (secondary N) is 1. The molecule has 0 aliphatic rings. The molecule has 0 spiro atoms. The van der Waals surface area contributed by atoms with Crippen molar-refractivity contribution in [1.82, 2.24) is 14.3 Å². The molecule has 148 valence electrons. The van der Waals surface area contributed by atoms with Gasteiger partial charge in [0.25, 0.3) is 5.56 Å². The fourth-order valence-electron chi connectivity index (χ4n) is 3.34. The van der Waals surface area contributed by atoms with Gasteiger partial charge in [-0.25, -0.2) is 13.2 Å². The van der Waals surface area contributed by atoms with Crippen molar-refractivity contribution in [3.05, 3.63) is 70.4 Å². The highest BCUT2D eigenvalue weighted by Crippen LogP contribution is 2.23. The molecule has 1 N–H and O–H groups in total. The lowest BCUT2D eigenvalue weighted by Gasteiger charge is -2.12. The molecule has 0 radical (unpaired) electrons. The highest BCUT2D eigenvalue weighted by atomic mass is 19.1. The van der Waals surface area contributed by atoms with E-state index in [1.54, 1.807) is 13.1 Å². The molecule has 0 saturated heterocycles. The summed E-state index contributed by atoms with van der Waals surface area (Å²) in [6.07, 6.45) is 1.25. The number of benzene rings is 2. The van der Waals surface area contributed by atoms with E-state index in [9.17, 15) is 22.8 Å². The predicted octanol–water partition coefficient (Wildman–Crippen LogP) is 3.33. The summed E-state index contributed by atoms with van der Waals surface area (Å²) in [5.74, 6) is -2.76. The van der Waals surface area contributed by atoms with Crippen molar-refractivity contribution in [3.63, 3.8) is 0 Å². The minimum Gasteiger partial charge on any atom is -0.324 e. The van der Waals surface area contributed by atoms with Crippen LogP contribution in [0, 0.1) is 17.5 Å². The lowest BCUT2D eigenvalue weighted by atomic mass is 10.1. The second kappa shape index (κ2) is 7.08. The van der Waals surface area contributed by atoms with Crippen LogP contribution in [0.1, 0.15) is 6.42 Å². The van der Waals surface area contributed by atoms with Gasteiger partial charge in [-0.05, 0) is 30.3 Å². The predicted molar refractivity (Wildman–Crippen MR) is 102 cm³/mol. The van der Waals surface area contributed by atoms with Gasteiger partial charge in [0.05, 0.1) is 28.3 Å². The van der Waals surface area contributed by atoms with E-state index in [2.05, 4.69) is 10.4 Å². The summed E-state index contributed by atoms with van der Waals surface area (Å²) in [7, 11) is 1.68. The monoisotopic (exact) mass is 400 g/mol. The third kappa shape index (κ3) is 3.35. The van der Waals surface area contributed by atoms with Gasteiger partial charge in [0.1, 0.15) is 17.5 Å². The topological polar surface area (TPSA) is 68.9 Å². The Morgan fingerprint density at radius 3 is 2.55 bits per heavy atom. The van der Waals surface area contributed by atoms with E-state index in [4.69, 9.17) is 0 Å². The van der Waals surface area contributed by atoms with Crippen molar-refractivity contribution in [3.8, 4) is 0 Å². The molecule has 29 heavy (non-hydrogen) atoms. The summed E-state index contributed by atoms with van der Waals surface area (Å²) in [5.41, 5.74) is 0.320. The second-order valence-electron chi connectivity index (χ2n) is 6.57. The number of pyridine rings is 1. The number of halogens is 3. The number of aromatic nitrogens is 3. The van der Waals surface area contributed by atoms with Crippen LogP contribution in [0.2, 0.25) is 0 Å². The minimum absolute atomic E-state index is 0.0573. The van der Waals surface area contributed by atoms with Gasteiger partial charge in [-0.3, -0.25) is 14.3 Å². The van der Waals surface area contributed by atoms with Gasteiger partial charge in [0.15, 0.2) is 0 Å². The number of hydrogen-bond donors (Lipinski definition) is 1. The smallest absolute Gasteiger partial charge is 0.262 e. The molecule has 9 heteroatoms. The van der Waals surface area contributed by atoms with E-state index >= 15 is 0 Å². The van der Waals surface area contributed by atoms with E-state index in [-0.39, 0.29) is 18.7 Å². The molecule has 2 aromatic carbocycles. The molecule has 4 aromatic rings. The van der Waals surface area contributed by atoms with Gasteiger partial charge in [0.2, 0.25) is 5.91 Å². The Hall–Kier alpha value is -3.62. The number of aryl methyl sites for hydroxylation is 2. The lowest BCUT2D eigenvalue weighted by Crippen LogP contribution is -2.24. The number of carbonyl (C=O) groups is 1. The molecule has 1 amide bonds. The number of rotatable bonds is 4. The van der Waals surface area contributed by atoms with Gasteiger partial charge in [0, 0.05) is 31.5 Å². The van der Waals surface area contributed by atoms with Crippen molar-refractivity contribution in [2.75, 3.05) is 5.32 Å². The Balaban J connectivity index is 1.68. The molecule has 0 fully saturated rings. The first-order valence-electron chi connectivity index (χ1n) is 8.74. The average molecular weight is 400 g/mol. The fourth-order valence-corrected chi connectivity index (χ4v) is 3.34. The molecular weight excluding hydrogens is 385 g/mol. The quantitative estimate of drug-likeness (QED) is 0.571. The third-order valence-corrected chi connectivity index (χ3v) is 4.69. The van der Waals surface area contributed by atoms with E-state index < -0.39 is 28.9 Å². The number of anilines is 1. The van der Waals surface area contributed by atoms with E-state index in [1.807, 2.05) is 0 Å². The molecule has 0 saturated carbocycles. The Morgan fingerprint density at radius 2 is 1.79 bits per heavy atom. The molecule has 2 heterocycles. The molecule has 4 rings (SSSR count). The minimum atomic E-state index is -0.903. The third-order valence-electron chi connectivity index (χ3n) is 4.69. The maximum atomic E-state index is 13.8. The van der Waals surface area contributed by atoms with Crippen LogP contribution in [0.5, 0.6) is 0 Å². The molecule has 2 aromatic heterocycles. The average Bonchev–Trinajstić information content (AvgIpc) is 3.06. The number of hydrogen-bond acceptors (Lipinski definition) is 3. The van der Waals surface area contributed by atoms with Gasteiger partial charge < -0.3 is 9.88 Å². The molecule has 6 nitrogen and oxygen atoms in total. The van der Waals surface area contributed by atoms with E-state index in [1.165, 1.54) is 27.6 Å². The summed E-state index contributed by atoms with van der Waals surface area (Å²) in [6, 6.07) is 6.86. The van der Waals surface area contributed by atoms with Crippen LogP contribution >= 0.6 is 0 Å². The van der Waals surface area contributed by atoms with E-state index in [0.29, 0.717) is 27.9 Å². The SMILES string of the molecule is Cn1ncc2c(=O)n(CCC(=O)Nc3ccc(F)cc3F)c3cc(F)ccc3c21. The zero-order valence-corrected chi connectivity index (χ0v) is 15.2. The van der Waals surface area contributed by atoms with Crippen molar-refractivity contribution < 1.29 is 18.0 Å². The Labute approximate surface area is 162 Å². The zero-order chi connectivity index (χ0) is 20.7. The number of amides is 1. The van der Waals surface area contributed by atoms with Crippen LogP contribution in [0.4, 0.5) is 18.9 Å². The van der Waals surface area contributed by atoms with Crippen LogP contribution in [-0.2, 0) is 18.4 Å². The number of carbonyl (C=O) groups excluding carboxylic acids is 1. The van der Waals surface area contributed by atoms with Crippen LogP contribution in [0.25, 0.3) is 21.8 Å². The summed E-state index contributed by atoms with van der Waals surface area (Å²) in [6.45, 7) is -0.0573. The molecule has 0 aliphatic heterocycles. The van der Waals surface area contributed by atoms with Gasteiger partial charge in [-0.2, -0.15) is 5.10 Å². The summed E-state index contributed by atoms with van der Waals surface area (Å²) >= 11 is 0. The van der Waals surface area contributed by atoms with Crippen molar-refractivity contribution >= 4 is 33.4 Å². The first-order chi connectivity index (χ1) is 13.8.